The molecule has 1 heterocycles. The van der Waals surface area contributed by atoms with Gasteiger partial charge in [0.15, 0.2) is 11.6 Å². The van der Waals surface area contributed by atoms with Crippen LogP contribution in [0.3, 0.4) is 0 Å². The van der Waals surface area contributed by atoms with Gasteiger partial charge in [0.25, 0.3) is 0 Å². The molecule has 0 bridgehead atoms. The Labute approximate surface area is 126 Å². The van der Waals surface area contributed by atoms with Crippen LogP contribution >= 0.6 is 12.4 Å². The number of sulfonamides is 1. The van der Waals surface area contributed by atoms with E-state index in [4.69, 9.17) is 5.73 Å². The normalized spacial score (nSPS) is 19.6. The van der Waals surface area contributed by atoms with Crippen LogP contribution in [0.25, 0.3) is 0 Å². The van der Waals surface area contributed by atoms with E-state index < -0.39 is 28.2 Å². The first kappa shape index (κ1) is 18.0. The van der Waals surface area contributed by atoms with Gasteiger partial charge in [-0.1, -0.05) is 0 Å². The van der Waals surface area contributed by atoms with Crippen LogP contribution in [-0.4, -0.2) is 38.5 Å². The predicted octanol–water partition coefficient (Wildman–Crippen LogP) is 1.57. The number of benzene rings is 1. The lowest BCUT2D eigenvalue weighted by atomic mass is 10.3. The highest BCUT2D eigenvalue weighted by molar-refractivity contribution is 7.89. The zero-order chi connectivity index (χ0) is 14.9. The summed E-state index contributed by atoms with van der Waals surface area (Å²) in [5.41, 5.74) is 5.63. The molecule has 1 atom stereocenters. The van der Waals surface area contributed by atoms with Gasteiger partial charge in [-0.2, -0.15) is 13.1 Å². The summed E-state index contributed by atoms with van der Waals surface area (Å²) in [7, 11) is -3.87. The number of nitrogens with zero attached hydrogens (tertiary/aromatic N) is 1. The fraction of sp³-hybridized carbons (Fsp3) is 0.455. The first-order valence-corrected chi connectivity index (χ1v) is 7.25. The summed E-state index contributed by atoms with van der Waals surface area (Å²) in [4.78, 5) is -0.314. The van der Waals surface area contributed by atoms with Crippen molar-refractivity contribution in [2.45, 2.75) is 24.0 Å². The van der Waals surface area contributed by atoms with Crippen molar-refractivity contribution in [3.8, 4) is 5.75 Å². The Morgan fingerprint density at radius 2 is 2.05 bits per heavy atom. The second-order valence-electron chi connectivity index (χ2n) is 4.38. The molecule has 0 saturated carbocycles. The fourth-order valence-electron chi connectivity index (χ4n) is 1.95. The number of rotatable bonds is 4. The van der Waals surface area contributed by atoms with Crippen LogP contribution in [0.4, 0.5) is 13.2 Å². The lowest BCUT2D eigenvalue weighted by Crippen LogP contribution is -2.32. The maximum absolute atomic E-state index is 13.5. The fourth-order valence-corrected chi connectivity index (χ4v) is 3.48. The quantitative estimate of drug-likeness (QED) is 0.898. The molecule has 1 aliphatic rings. The standard InChI is InChI=1S/C11H13F3N2O3S.ClH/c12-9-5-8(1-2-10(9)19-11(13)14)20(17,18)16-4-3-7(15)6-16;/h1-2,5,7,11H,3-4,6,15H2;1H. The van der Waals surface area contributed by atoms with Crippen molar-refractivity contribution in [1.29, 1.82) is 0 Å². The molecule has 1 saturated heterocycles. The van der Waals surface area contributed by atoms with Crippen molar-refractivity contribution >= 4 is 22.4 Å². The van der Waals surface area contributed by atoms with Crippen molar-refractivity contribution in [2.24, 2.45) is 5.73 Å². The van der Waals surface area contributed by atoms with Gasteiger partial charge in [-0.25, -0.2) is 12.8 Å². The molecule has 0 aliphatic carbocycles. The van der Waals surface area contributed by atoms with Gasteiger partial charge in [-0.3, -0.25) is 0 Å². The smallest absolute Gasteiger partial charge is 0.387 e. The molecule has 120 valence electrons. The molecule has 10 heteroatoms. The van der Waals surface area contributed by atoms with E-state index in [1.54, 1.807) is 0 Å². The van der Waals surface area contributed by atoms with Gasteiger partial charge < -0.3 is 10.5 Å². The third-order valence-electron chi connectivity index (χ3n) is 2.94. The van der Waals surface area contributed by atoms with E-state index >= 15 is 0 Å². The molecule has 21 heavy (non-hydrogen) atoms. The lowest BCUT2D eigenvalue weighted by Gasteiger charge is -2.16. The molecule has 0 aromatic heterocycles. The Hall–Kier alpha value is -1.03. The Kier molecular flexibility index (Phi) is 5.85. The van der Waals surface area contributed by atoms with Crippen LogP contribution in [0.5, 0.6) is 5.75 Å². The van der Waals surface area contributed by atoms with Gasteiger partial charge >= 0.3 is 6.61 Å². The van der Waals surface area contributed by atoms with Gasteiger partial charge in [0.05, 0.1) is 4.90 Å². The summed E-state index contributed by atoms with van der Waals surface area (Å²) >= 11 is 0. The topological polar surface area (TPSA) is 72.6 Å². The molecule has 1 aromatic rings. The summed E-state index contributed by atoms with van der Waals surface area (Å²) in [6.45, 7) is -2.77. The zero-order valence-electron chi connectivity index (χ0n) is 10.7. The summed E-state index contributed by atoms with van der Waals surface area (Å²) in [5.74, 6) is -1.85. The molecule has 0 amide bonds. The van der Waals surface area contributed by atoms with Crippen LogP contribution in [0.15, 0.2) is 23.1 Å². The highest BCUT2D eigenvalue weighted by Gasteiger charge is 2.31. The first-order valence-electron chi connectivity index (χ1n) is 5.81. The van der Waals surface area contributed by atoms with Crippen LogP contribution in [0, 0.1) is 5.82 Å². The van der Waals surface area contributed by atoms with Crippen LogP contribution in [0.1, 0.15) is 6.42 Å². The highest BCUT2D eigenvalue weighted by Crippen LogP contribution is 2.26. The van der Waals surface area contributed by atoms with E-state index in [2.05, 4.69) is 4.74 Å². The number of hydrogen-bond acceptors (Lipinski definition) is 4. The monoisotopic (exact) mass is 346 g/mol. The molecule has 1 unspecified atom stereocenters. The first-order chi connectivity index (χ1) is 9.30. The van der Waals surface area contributed by atoms with E-state index in [9.17, 15) is 21.6 Å². The molecule has 0 spiro atoms. The SMILES string of the molecule is Cl.NC1CCN(S(=O)(=O)c2ccc(OC(F)F)c(F)c2)C1. The third-order valence-corrected chi connectivity index (χ3v) is 4.81. The Morgan fingerprint density at radius 3 is 2.52 bits per heavy atom. The van der Waals surface area contributed by atoms with Gasteiger partial charge in [0, 0.05) is 19.1 Å². The lowest BCUT2D eigenvalue weighted by molar-refractivity contribution is -0.0522. The number of ether oxygens (including phenoxy) is 1. The molecule has 2 rings (SSSR count). The number of alkyl halides is 2. The minimum Gasteiger partial charge on any atom is -0.432 e. The van der Waals surface area contributed by atoms with Crippen LogP contribution in [-0.2, 0) is 10.0 Å². The number of hydrogen-bond donors (Lipinski definition) is 1. The third kappa shape index (κ3) is 4.00. The second-order valence-corrected chi connectivity index (χ2v) is 6.32. The molecule has 1 aliphatic heterocycles. The molecular formula is C11H14ClF3N2O3S. The molecule has 5 nitrogen and oxygen atoms in total. The number of nitrogens with two attached hydrogens (primary N) is 1. The summed E-state index contributed by atoms with van der Waals surface area (Å²) in [6.07, 6.45) is 0.522. The maximum atomic E-state index is 13.5. The minimum atomic E-state index is -3.87. The maximum Gasteiger partial charge on any atom is 0.387 e. The summed E-state index contributed by atoms with van der Waals surface area (Å²) in [5, 5.41) is 0. The van der Waals surface area contributed by atoms with Crippen molar-refractivity contribution < 1.29 is 26.3 Å². The molecule has 1 aromatic carbocycles. The van der Waals surface area contributed by atoms with Crippen LogP contribution < -0.4 is 10.5 Å². The molecule has 1 fully saturated rings. The molecule has 0 radical (unpaired) electrons. The largest absolute Gasteiger partial charge is 0.432 e. The zero-order valence-corrected chi connectivity index (χ0v) is 12.3. The van der Waals surface area contributed by atoms with Crippen molar-refractivity contribution in [2.75, 3.05) is 13.1 Å². The van der Waals surface area contributed by atoms with E-state index in [0.717, 1.165) is 16.4 Å². The van der Waals surface area contributed by atoms with Crippen molar-refractivity contribution in [1.82, 2.24) is 4.31 Å². The van der Waals surface area contributed by atoms with Crippen molar-refractivity contribution in [3.05, 3.63) is 24.0 Å². The van der Waals surface area contributed by atoms with E-state index in [-0.39, 0.29) is 36.4 Å². The van der Waals surface area contributed by atoms with Crippen LogP contribution in [0.2, 0.25) is 0 Å². The summed E-state index contributed by atoms with van der Waals surface area (Å²) in [6, 6.07) is 2.30. The predicted molar refractivity (Wildman–Crippen MR) is 71.6 cm³/mol. The van der Waals surface area contributed by atoms with Gasteiger partial charge in [0.1, 0.15) is 0 Å². The average molecular weight is 347 g/mol. The second kappa shape index (κ2) is 6.82. The van der Waals surface area contributed by atoms with Crippen molar-refractivity contribution in [3.63, 3.8) is 0 Å². The minimum absolute atomic E-state index is 0. The Balaban J connectivity index is 0.00000220. The average Bonchev–Trinajstić information content (AvgIpc) is 2.78. The van der Waals surface area contributed by atoms with E-state index in [1.165, 1.54) is 0 Å². The number of halogens is 4. The summed E-state index contributed by atoms with van der Waals surface area (Å²) < 4.78 is 66.9. The van der Waals surface area contributed by atoms with Gasteiger partial charge in [0.2, 0.25) is 10.0 Å². The highest BCUT2D eigenvalue weighted by atomic mass is 35.5. The molecular weight excluding hydrogens is 333 g/mol. The van der Waals surface area contributed by atoms with E-state index in [1.807, 2.05) is 0 Å². The molecule has 2 N–H and O–H groups in total. The van der Waals surface area contributed by atoms with Gasteiger partial charge in [-0.15, -0.1) is 12.4 Å². The Morgan fingerprint density at radius 1 is 1.38 bits per heavy atom. The van der Waals surface area contributed by atoms with E-state index in [0.29, 0.717) is 12.5 Å². The Bertz CT molecular complexity index is 600. The van der Waals surface area contributed by atoms with Gasteiger partial charge in [-0.05, 0) is 24.6 Å².